The van der Waals surface area contributed by atoms with Crippen molar-refractivity contribution in [1.82, 2.24) is 14.9 Å². The summed E-state index contributed by atoms with van der Waals surface area (Å²) in [6.45, 7) is 1.99. The Morgan fingerprint density at radius 3 is 2.39 bits per heavy atom. The third-order valence-electron chi connectivity index (χ3n) is 4.95. The van der Waals surface area contributed by atoms with Crippen molar-refractivity contribution in [2.75, 3.05) is 6.54 Å². The molecule has 1 amide bonds. The van der Waals surface area contributed by atoms with E-state index in [0.29, 0.717) is 40.0 Å². The van der Waals surface area contributed by atoms with Gasteiger partial charge in [-0.2, -0.15) is 0 Å². The first-order chi connectivity index (χ1) is 14.9. The molecule has 0 unspecified atom stereocenters. The van der Waals surface area contributed by atoms with Crippen LogP contribution in [-0.2, 0) is 6.42 Å². The molecule has 4 rings (SSSR count). The molecule has 7 heteroatoms. The minimum atomic E-state index is -0.648. The Bertz CT molecular complexity index is 1310. The lowest BCUT2D eigenvalue weighted by molar-refractivity contribution is 0.0954. The molecule has 156 valence electrons. The summed E-state index contributed by atoms with van der Waals surface area (Å²) in [4.78, 5) is 29.8. The van der Waals surface area contributed by atoms with Gasteiger partial charge in [0.2, 0.25) is 0 Å². The first kappa shape index (κ1) is 20.4. The van der Waals surface area contributed by atoms with Crippen LogP contribution in [0.15, 0.2) is 71.5 Å². The highest BCUT2D eigenvalue weighted by Crippen LogP contribution is 2.14. The second-order valence-electron chi connectivity index (χ2n) is 7.15. The SMILES string of the molecule is Cc1nc2ccccc2c(=O)n1-c1ccc(C(=O)NCCc2cc(F)cc(F)c2)cc1. The zero-order chi connectivity index (χ0) is 22.0. The lowest BCUT2D eigenvalue weighted by Crippen LogP contribution is -2.26. The Balaban J connectivity index is 1.49. The fourth-order valence-corrected chi connectivity index (χ4v) is 3.49. The maximum Gasteiger partial charge on any atom is 0.265 e. The van der Waals surface area contributed by atoms with Gasteiger partial charge in [-0.25, -0.2) is 13.8 Å². The normalized spacial score (nSPS) is 10.9. The highest BCUT2D eigenvalue weighted by molar-refractivity contribution is 5.94. The average molecular weight is 419 g/mol. The second kappa shape index (κ2) is 8.47. The van der Waals surface area contributed by atoms with Crippen molar-refractivity contribution in [2.45, 2.75) is 13.3 Å². The van der Waals surface area contributed by atoms with Crippen molar-refractivity contribution in [1.29, 1.82) is 0 Å². The number of nitrogens with one attached hydrogen (secondary N) is 1. The summed E-state index contributed by atoms with van der Waals surface area (Å²) in [6.07, 6.45) is 0.301. The van der Waals surface area contributed by atoms with E-state index in [1.54, 1.807) is 49.4 Å². The van der Waals surface area contributed by atoms with Crippen molar-refractivity contribution in [3.8, 4) is 5.69 Å². The smallest absolute Gasteiger partial charge is 0.265 e. The number of para-hydroxylation sites is 1. The van der Waals surface area contributed by atoms with Gasteiger partial charge in [0.1, 0.15) is 17.5 Å². The predicted molar refractivity (Wildman–Crippen MR) is 114 cm³/mol. The second-order valence-corrected chi connectivity index (χ2v) is 7.15. The van der Waals surface area contributed by atoms with Gasteiger partial charge < -0.3 is 5.32 Å². The quantitative estimate of drug-likeness (QED) is 0.533. The Hall–Kier alpha value is -3.87. The maximum absolute atomic E-state index is 13.2. The molecule has 4 aromatic rings. The molecule has 1 N–H and O–H groups in total. The number of amides is 1. The molecule has 0 saturated carbocycles. The van der Waals surface area contributed by atoms with Crippen molar-refractivity contribution < 1.29 is 13.6 Å². The minimum Gasteiger partial charge on any atom is -0.352 e. The van der Waals surface area contributed by atoms with Crippen LogP contribution in [0.4, 0.5) is 8.78 Å². The van der Waals surface area contributed by atoms with Crippen molar-refractivity contribution in [2.24, 2.45) is 0 Å². The number of nitrogens with zero attached hydrogens (tertiary/aromatic N) is 2. The Labute approximate surface area is 177 Å². The lowest BCUT2D eigenvalue weighted by Gasteiger charge is -2.11. The lowest BCUT2D eigenvalue weighted by atomic mass is 10.1. The van der Waals surface area contributed by atoms with Gasteiger partial charge in [-0.15, -0.1) is 0 Å². The molecule has 31 heavy (non-hydrogen) atoms. The Morgan fingerprint density at radius 2 is 1.68 bits per heavy atom. The molecule has 0 aliphatic heterocycles. The summed E-state index contributed by atoms with van der Waals surface area (Å²) in [5.41, 5.74) is 1.94. The summed E-state index contributed by atoms with van der Waals surface area (Å²) in [5.74, 6) is -1.07. The summed E-state index contributed by atoms with van der Waals surface area (Å²) < 4.78 is 28.0. The average Bonchev–Trinajstić information content (AvgIpc) is 2.73. The molecule has 5 nitrogen and oxygen atoms in total. The highest BCUT2D eigenvalue weighted by atomic mass is 19.1. The Kier molecular flexibility index (Phi) is 5.58. The van der Waals surface area contributed by atoms with Gasteiger partial charge in [0.25, 0.3) is 11.5 Å². The molecule has 0 aliphatic carbocycles. The topological polar surface area (TPSA) is 64.0 Å². The molecular weight excluding hydrogens is 400 g/mol. The fourth-order valence-electron chi connectivity index (χ4n) is 3.49. The summed E-state index contributed by atoms with van der Waals surface area (Å²) in [5, 5.41) is 3.25. The zero-order valence-corrected chi connectivity index (χ0v) is 16.7. The van der Waals surface area contributed by atoms with E-state index in [1.807, 2.05) is 6.07 Å². The number of aromatic nitrogens is 2. The van der Waals surface area contributed by atoms with E-state index in [-0.39, 0.29) is 18.0 Å². The van der Waals surface area contributed by atoms with E-state index in [2.05, 4.69) is 10.3 Å². The number of benzene rings is 3. The van der Waals surface area contributed by atoms with Crippen molar-refractivity contribution in [3.05, 3.63) is 106 Å². The van der Waals surface area contributed by atoms with Crippen LogP contribution in [-0.4, -0.2) is 22.0 Å². The van der Waals surface area contributed by atoms with Gasteiger partial charge >= 0.3 is 0 Å². The van der Waals surface area contributed by atoms with Crippen LogP contribution in [0.5, 0.6) is 0 Å². The summed E-state index contributed by atoms with van der Waals surface area (Å²) >= 11 is 0. The number of carbonyl (C=O) groups is 1. The van der Waals surface area contributed by atoms with Gasteiger partial charge in [0.15, 0.2) is 0 Å². The third-order valence-corrected chi connectivity index (χ3v) is 4.95. The van der Waals surface area contributed by atoms with E-state index in [0.717, 1.165) is 6.07 Å². The van der Waals surface area contributed by atoms with Crippen LogP contribution in [0.1, 0.15) is 21.7 Å². The monoisotopic (exact) mass is 419 g/mol. The first-order valence-electron chi connectivity index (χ1n) is 9.74. The van der Waals surface area contributed by atoms with Crippen LogP contribution < -0.4 is 10.9 Å². The van der Waals surface area contributed by atoms with E-state index in [1.165, 1.54) is 16.7 Å². The number of hydrogen-bond acceptors (Lipinski definition) is 3. The number of hydrogen-bond donors (Lipinski definition) is 1. The fraction of sp³-hybridized carbons (Fsp3) is 0.125. The van der Waals surface area contributed by atoms with Crippen LogP contribution in [0.2, 0.25) is 0 Å². The van der Waals surface area contributed by atoms with Crippen molar-refractivity contribution >= 4 is 16.8 Å². The predicted octanol–water partition coefficient (Wildman–Crippen LogP) is 3.94. The number of halogens is 2. The first-order valence-corrected chi connectivity index (χ1v) is 9.74. The molecule has 0 fully saturated rings. The zero-order valence-electron chi connectivity index (χ0n) is 16.7. The molecule has 0 saturated heterocycles. The van der Waals surface area contributed by atoms with Gasteiger partial charge in [0, 0.05) is 18.2 Å². The molecule has 3 aromatic carbocycles. The summed E-state index contributed by atoms with van der Waals surface area (Å²) in [6, 6.07) is 17.0. The third kappa shape index (κ3) is 4.35. The van der Waals surface area contributed by atoms with Crippen LogP contribution in [0.25, 0.3) is 16.6 Å². The molecule has 1 aromatic heterocycles. The van der Waals surface area contributed by atoms with E-state index in [9.17, 15) is 18.4 Å². The highest BCUT2D eigenvalue weighted by Gasteiger charge is 2.11. The number of rotatable bonds is 5. The number of fused-ring (bicyclic) bond motifs is 1. The molecule has 0 aliphatic rings. The standard InChI is InChI=1S/C24H19F2N3O2/c1-15-28-22-5-3-2-4-21(22)24(31)29(15)20-8-6-17(7-9-20)23(30)27-11-10-16-12-18(25)14-19(26)13-16/h2-9,12-14H,10-11H2,1H3,(H,27,30). The largest absolute Gasteiger partial charge is 0.352 e. The van der Waals surface area contributed by atoms with Crippen LogP contribution in [0.3, 0.4) is 0 Å². The Morgan fingerprint density at radius 1 is 1.00 bits per heavy atom. The number of aryl methyl sites for hydroxylation is 1. The van der Waals surface area contributed by atoms with Gasteiger partial charge in [0.05, 0.1) is 16.6 Å². The molecule has 0 radical (unpaired) electrons. The van der Waals surface area contributed by atoms with E-state index < -0.39 is 11.6 Å². The summed E-state index contributed by atoms with van der Waals surface area (Å²) in [7, 11) is 0. The van der Waals surface area contributed by atoms with Gasteiger partial charge in [-0.1, -0.05) is 12.1 Å². The molecule has 0 atom stereocenters. The van der Waals surface area contributed by atoms with Crippen molar-refractivity contribution in [3.63, 3.8) is 0 Å². The van der Waals surface area contributed by atoms with Gasteiger partial charge in [-0.05, 0) is 67.4 Å². The maximum atomic E-state index is 13.2. The number of carbonyl (C=O) groups excluding carboxylic acids is 1. The van der Waals surface area contributed by atoms with Gasteiger partial charge in [-0.3, -0.25) is 14.2 Å². The van der Waals surface area contributed by atoms with E-state index >= 15 is 0 Å². The van der Waals surface area contributed by atoms with E-state index in [4.69, 9.17) is 0 Å². The molecule has 0 bridgehead atoms. The molecular formula is C24H19F2N3O2. The van der Waals surface area contributed by atoms with Crippen LogP contribution >= 0.6 is 0 Å². The molecule has 1 heterocycles. The van der Waals surface area contributed by atoms with Crippen LogP contribution in [0, 0.1) is 18.6 Å². The minimum absolute atomic E-state index is 0.178. The molecule has 0 spiro atoms.